The van der Waals surface area contributed by atoms with E-state index < -0.39 is 0 Å². The highest BCUT2D eigenvalue weighted by Gasteiger charge is 2.07. The quantitative estimate of drug-likeness (QED) is 0.702. The first-order valence-electron chi connectivity index (χ1n) is 7.20. The molecule has 0 aromatic heterocycles. The number of hydrogen-bond donors (Lipinski definition) is 0. The van der Waals surface area contributed by atoms with Gasteiger partial charge >= 0.3 is 0 Å². The summed E-state index contributed by atoms with van der Waals surface area (Å²) in [6.45, 7) is 1.50. The molecule has 0 fully saturated rings. The zero-order valence-electron chi connectivity index (χ0n) is 12.9. The molecule has 0 atom stereocenters. The third kappa shape index (κ3) is 5.28. The van der Waals surface area contributed by atoms with E-state index in [0.717, 1.165) is 22.3 Å². The molecule has 0 aliphatic heterocycles. The van der Waals surface area contributed by atoms with Crippen LogP contribution in [0.15, 0.2) is 53.0 Å². The van der Waals surface area contributed by atoms with E-state index in [9.17, 15) is 4.79 Å². The van der Waals surface area contributed by atoms with E-state index >= 15 is 0 Å². The molecule has 116 valence electrons. The Kier molecular flexibility index (Phi) is 6.16. The first kappa shape index (κ1) is 16.7. The van der Waals surface area contributed by atoms with Crippen LogP contribution in [0.2, 0.25) is 0 Å². The Morgan fingerprint density at radius 2 is 1.86 bits per heavy atom. The van der Waals surface area contributed by atoms with Crippen molar-refractivity contribution in [3.05, 3.63) is 64.1 Å². The van der Waals surface area contributed by atoms with E-state index in [4.69, 9.17) is 4.74 Å². The van der Waals surface area contributed by atoms with Gasteiger partial charge in [-0.1, -0.05) is 28.1 Å². The zero-order chi connectivity index (χ0) is 15.9. The van der Waals surface area contributed by atoms with Crippen molar-refractivity contribution < 1.29 is 9.53 Å². The minimum Gasteiger partial charge on any atom is -0.492 e. The Hall–Kier alpha value is -1.65. The van der Waals surface area contributed by atoms with Crippen molar-refractivity contribution >= 4 is 21.7 Å². The van der Waals surface area contributed by atoms with Gasteiger partial charge < -0.3 is 9.64 Å². The van der Waals surface area contributed by atoms with Crippen LogP contribution in [0.25, 0.3) is 0 Å². The largest absolute Gasteiger partial charge is 0.492 e. The van der Waals surface area contributed by atoms with Crippen molar-refractivity contribution in [2.24, 2.45) is 0 Å². The van der Waals surface area contributed by atoms with Gasteiger partial charge in [0.25, 0.3) is 0 Å². The van der Waals surface area contributed by atoms with E-state index in [0.29, 0.717) is 18.6 Å². The molecule has 4 heteroatoms. The number of carbonyl (C=O) groups excluding carboxylic acids is 1. The monoisotopic (exact) mass is 361 g/mol. The number of carbonyl (C=O) groups is 1. The molecule has 0 heterocycles. The fourth-order valence-corrected chi connectivity index (χ4v) is 2.46. The second kappa shape index (κ2) is 8.11. The van der Waals surface area contributed by atoms with Crippen molar-refractivity contribution in [1.82, 2.24) is 4.90 Å². The van der Waals surface area contributed by atoms with Gasteiger partial charge in [0.1, 0.15) is 12.4 Å². The summed E-state index contributed by atoms with van der Waals surface area (Å²) in [5.74, 6) is 0.902. The summed E-state index contributed by atoms with van der Waals surface area (Å²) in [6, 6.07) is 15.2. The first-order chi connectivity index (χ1) is 10.5. The molecule has 0 aliphatic carbocycles. The number of ether oxygens (including phenoxy) is 1. The molecule has 0 unspecified atom stereocenters. The highest BCUT2D eigenvalue weighted by molar-refractivity contribution is 9.10. The fourth-order valence-electron chi connectivity index (χ4n) is 2.02. The summed E-state index contributed by atoms with van der Waals surface area (Å²) in [7, 11) is 4.01. The van der Waals surface area contributed by atoms with Gasteiger partial charge in [0.15, 0.2) is 5.78 Å². The van der Waals surface area contributed by atoms with Crippen LogP contribution in [0.1, 0.15) is 15.9 Å². The summed E-state index contributed by atoms with van der Waals surface area (Å²) in [5, 5.41) is 0. The van der Waals surface area contributed by atoms with Gasteiger partial charge in [-0.05, 0) is 56.1 Å². The van der Waals surface area contributed by atoms with Crippen LogP contribution in [-0.2, 0) is 6.42 Å². The van der Waals surface area contributed by atoms with Gasteiger partial charge in [-0.25, -0.2) is 0 Å². The van der Waals surface area contributed by atoms with E-state index in [1.54, 1.807) is 0 Å². The molecule has 0 saturated heterocycles. The third-order valence-corrected chi connectivity index (χ3v) is 3.73. The SMILES string of the molecule is CN(C)CCOc1ccc(C(=O)Cc2cccc(Br)c2)cc1. The second-order valence-corrected chi connectivity index (χ2v) is 6.32. The number of halogens is 1. The molecule has 3 nitrogen and oxygen atoms in total. The van der Waals surface area contributed by atoms with Crippen LogP contribution in [0.4, 0.5) is 0 Å². The van der Waals surface area contributed by atoms with Gasteiger partial charge in [-0.15, -0.1) is 0 Å². The standard InChI is InChI=1S/C18H20BrNO2/c1-20(2)10-11-22-17-8-6-15(7-9-17)18(21)13-14-4-3-5-16(19)12-14/h3-9,12H,10-11,13H2,1-2H3. The lowest BCUT2D eigenvalue weighted by Crippen LogP contribution is -2.19. The lowest BCUT2D eigenvalue weighted by Gasteiger charge is -2.11. The van der Waals surface area contributed by atoms with E-state index in [-0.39, 0.29) is 5.78 Å². The molecule has 0 N–H and O–H groups in total. The number of hydrogen-bond acceptors (Lipinski definition) is 3. The minimum absolute atomic E-state index is 0.109. The highest BCUT2D eigenvalue weighted by atomic mass is 79.9. The molecule has 0 bridgehead atoms. The number of nitrogens with zero attached hydrogens (tertiary/aromatic N) is 1. The summed E-state index contributed by atoms with van der Waals surface area (Å²) in [5.41, 5.74) is 1.71. The maximum Gasteiger partial charge on any atom is 0.167 e. The normalized spacial score (nSPS) is 10.7. The number of Topliss-reactive ketones (excluding diaryl/α,β-unsaturated/α-hetero) is 1. The van der Waals surface area contributed by atoms with Crippen molar-refractivity contribution in [1.29, 1.82) is 0 Å². The molecule has 22 heavy (non-hydrogen) atoms. The molecule has 0 saturated carbocycles. The van der Waals surface area contributed by atoms with Crippen molar-refractivity contribution in [2.75, 3.05) is 27.2 Å². The molecule has 0 amide bonds. The lowest BCUT2D eigenvalue weighted by molar-refractivity contribution is 0.0993. The second-order valence-electron chi connectivity index (χ2n) is 5.41. The predicted molar refractivity (Wildman–Crippen MR) is 92.7 cm³/mol. The summed E-state index contributed by atoms with van der Waals surface area (Å²) in [6.07, 6.45) is 0.403. The molecule has 0 aliphatic rings. The van der Waals surface area contributed by atoms with E-state index in [1.807, 2.05) is 62.6 Å². The predicted octanol–water partition coefficient (Wildman–Crippen LogP) is 3.81. The molecule has 0 radical (unpaired) electrons. The van der Waals surface area contributed by atoms with Crippen LogP contribution < -0.4 is 4.74 Å². The number of rotatable bonds is 7. The van der Waals surface area contributed by atoms with Gasteiger partial charge in [0.2, 0.25) is 0 Å². The van der Waals surface area contributed by atoms with Gasteiger partial charge in [-0.2, -0.15) is 0 Å². The Morgan fingerprint density at radius 1 is 1.14 bits per heavy atom. The number of ketones is 1. The van der Waals surface area contributed by atoms with E-state index in [2.05, 4.69) is 20.8 Å². The van der Waals surface area contributed by atoms with Crippen LogP contribution in [0, 0.1) is 0 Å². The average Bonchev–Trinajstić information content (AvgIpc) is 2.47. The van der Waals surface area contributed by atoms with E-state index in [1.165, 1.54) is 0 Å². The van der Waals surface area contributed by atoms with Crippen LogP contribution in [-0.4, -0.2) is 37.9 Å². The number of benzene rings is 2. The Bertz CT molecular complexity index is 623. The van der Waals surface area contributed by atoms with Crippen LogP contribution in [0.3, 0.4) is 0 Å². The van der Waals surface area contributed by atoms with Gasteiger partial charge in [0, 0.05) is 23.0 Å². The topological polar surface area (TPSA) is 29.5 Å². The fraction of sp³-hybridized carbons (Fsp3) is 0.278. The molecule has 0 spiro atoms. The van der Waals surface area contributed by atoms with Crippen molar-refractivity contribution in [2.45, 2.75) is 6.42 Å². The van der Waals surface area contributed by atoms with Gasteiger partial charge in [0.05, 0.1) is 0 Å². The molecule has 2 aromatic carbocycles. The Morgan fingerprint density at radius 3 is 2.50 bits per heavy atom. The highest BCUT2D eigenvalue weighted by Crippen LogP contribution is 2.16. The molecule has 2 rings (SSSR count). The maximum atomic E-state index is 12.3. The zero-order valence-corrected chi connectivity index (χ0v) is 14.5. The maximum absolute atomic E-state index is 12.3. The Balaban J connectivity index is 1.93. The van der Waals surface area contributed by atoms with Crippen molar-refractivity contribution in [3.63, 3.8) is 0 Å². The summed E-state index contributed by atoms with van der Waals surface area (Å²) < 4.78 is 6.61. The lowest BCUT2D eigenvalue weighted by atomic mass is 10.0. The summed E-state index contributed by atoms with van der Waals surface area (Å²) in [4.78, 5) is 14.3. The van der Waals surface area contributed by atoms with Crippen LogP contribution >= 0.6 is 15.9 Å². The minimum atomic E-state index is 0.109. The van der Waals surface area contributed by atoms with Crippen LogP contribution in [0.5, 0.6) is 5.75 Å². The molecular formula is C18H20BrNO2. The van der Waals surface area contributed by atoms with Gasteiger partial charge in [-0.3, -0.25) is 4.79 Å². The Labute approximate surface area is 140 Å². The summed E-state index contributed by atoms with van der Waals surface area (Å²) >= 11 is 3.42. The molecular weight excluding hydrogens is 342 g/mol. The third-order valence-electron chi connectivity index (χ3n) is 3.24. The average molecular weight is 362 g/mol. The molecule has 2 aromatic rings. The van der Waals surface area contributed by atoms with Crippen molar-refractivity contribution in [3.8, 4) is 5.75 Å². The smallest absolute Gasteiger partial charge is 0.167 e. The first-order valence-corrected chi connectivity index (χ1v) is 7.99. The number of likely N-dealkylation sites (N-methyl/N-ethyl adjacent to an activating group) is 1.